The Labute approximate surface area is 172 Å². The molecule has 0 aromatic heterocycles. The predicted octanol–water partition coefficient (Wildman–Crippen LogP) is 2.55. The lowest BCUT2D eigenvalue weighted by molar-refractivity contribution is -0.121. The van der Waals surface area contributed by atoms with E-state index in [1.807, 2.05) is 18.2 Å². The lowest BCUT2D eigenvalue weighted by atomic mass is 10.1. The maximum absolute atomic E-state index is 12.2. The molecule has 0 unspecified atom stereocenters. The van der Waals surface area contributed by atoms with Crippen LogP contribution in [0.1, 0.15) is 23.1 Å². The number of hydrogen-bond donors (Lipinski definition) is 1. The number of piperazine rings is 1. The monoisotopic (exact) mass is 395 g/mol. The molecule has 154 valence electrons. The minimum atomic E-state index is 0.121. The molecule has 0 atom stereocenters. The quantitative estimate of drug-likeness (QED) is 0.781. The number of ether oxygens (including phenoxy) is 2. The van der Waals surface area contributed by atoms with Crippen molar-refractivity contribution < 1.29 is 14.3 Å². The van der Waals surface area contributed by atoms with E-state index in [0.717, 1.165) is 50.8 Å². The van der Waals surface area contributed by atoms with Crippen molar-refractivity contribution in [1.82, 2.24) is 15.1 Å². The lowest BCUT2D eigenvalue weighted by Crippen LogP contribution is -2.46. The van der Waals surface area contributed by atoms with Crippen LogP contribution in [0.15, 0.2) is 42.5 Å². The molecule has 2 aliphatic heterocycles. The Morgan fingerprint density at radius 1 is 1.00 bits per heavy atom. The van der Waals surface area contributed by atoms with Crippen molar-refractivity contribution in [2.75, 3.05) is 39.5 Å². The van der Waals surface area contributed by atoms with Gasteiger partial charge in [-0.25, -0.2) is 0 Å². The zero-order valence-electron chi connectivity index (χ0n) is 17.0. The molecule has 0 aliphatic carbocycles. The number of fused-ring (bicyclic) bond motifs is 1. The number of carbonyl (C=O) groups excluding carboxylic acids is 1. The average Bonchev–Trinajstić information content (AvgIpc) is 3.20. The molecule has 1 saturated heterocycles. The Bertz CT molecular complexity index is 847. The van der Waals surface area contributed by atoms with Crippen molar-refractivity contribution in [3.8, 4) is 11.5 Å². The van der Waals surface area contributed by atoms with Crippen LogP contribution < -0.4 is 14.8 Å². The highest BCUT2D eigenvalue weighted by atomic mass is 16.7. The Kier molecular flexibility index (Phi) is 6.32. The third-order valence-electron chi connectivity index (χ3n) is 5.70. The van der Waals surface area contributed by atoms with E-state index in [1.54, 1.807) is 0 Å². The standard InChI is InChI=1S/C23H29N3O3/c1-18-4-2-3-5-20(18)15-24-23(27)8-9-25-10-12-26(13-11-25)16-19-6-7-21-22(14-19)29-17-28-21/h2-7,14H,8-13,15-17H2,1H3,(H,24,27). The second-order valence-electron chi connectivity index (χ2n) is 7.76. The lowest BCUT2D eigenvalue weighted by Gasteiger charge is -2.34. The van der Waals surface area contributed by atoms with Crippen LogP contribution in [0, 0.1) is 6.92 Å². The Morgan fingerprint density at radius 3 is 2.59 bits per heavy atom. The Balaban J connectivity index is 1.15. The molecule has 2 aromatic carbocycles. The van der Waals surface area contributed by atoms with E-state index in [1.165, 1.54) is 16.7 Å². The van der Waals surface area contributed by atoms with Crippen molar-refractivity contribution in [3.63, 3.8) is 0 Å². The Hall–Kier alpha value is -2.57. The first-order valence-corrected chi connectivity index (χ1v) is 10.3. The molecule has 2 heterocycles. The van der Waals surface area contributed by atoms with Gasteiger partial charge in [0, 0.05) is 52.2 Å². The van der Waals surface area contributed by atoms with Gasteiger partial charge < -0.3 is 19.7 Å². The molecule has 6 heteroatoms. The zero-order chi connectivity index (χ0) is 20.1. The van der Waals surface area contributed by atoms with E-state index in [9.17, 15) is 4.79 Å². The summed E-state index contributed by atoms with van der Waals surface area (Å²) >= 11 is 0. The number of hydrogen-bond acceptors (Lipinski definition) is 5. The van der Waals surface area contributed by atoms with Gasteiger partial charge in [-0.1, -0.05) is 30.3 Å². The van der Waals surface area contributed by atoms with Gasteiger partial charge in [-0.05, 0) is 35.7 Å². The molecule has 2 aromatic rings. The molecular formula is C23H29N3O3. The van der Waals surface area contributed by atoms with Crippen molar-refractivity contribution >= 4 is 5.91 Å². The highest BCUT2D eigenvalue weighted by molar-refractivity contribution is 5.76. The number of benzene rings is 2. The number of nitrogens with one attached hydrogen (secondary N) is 1. The molecule has 2 aliphatic rings. The summed E-state index contributed by atoms with van der Waals surface area (Å²) in [5, 5.41) is 3.04. The summed E-state index contributed by atoms with van der Waals surface area (Å²) < 4.78 is 10.8. The molecule has 1 fully saturated rings. The maximum atomic E-state index is 12.2. The second-order valence-corrected chi connectivity index (χ2v) is 7.76. The summed E-state index contributed by atoms with van der Waals surface area (Å²) in [6.45, 7) is 8.75. The predicted molar refractivity (Wildman–Crippen MR) is 112 cm³/mol. The van der Waals surface area contributed by atoms with E-state index < -0.39 is 0 Å². The summed E-state index contributed by atoms with van der Waals surface area (Å²) in [4.78, 5) is 17.0. The highest BCUT2D eigenvalue weighted by Gasteiger charge is 2.19. The Morgan fingerprint density at radius 2 is 1.76 bits per heavy atom. The van der Waals surface area contributed by atoms with Gasteiger partial charge in [-0.15, -0.1) is 0 Å². The first kappa shape index (κ1) is 19.7. The van der Waals surface area contributed by atoms with Crippen molar-refractivity contribution in [1.29, 1.82) is 0 Å². The summed E-state index contributed by atoms with van der Waals surface area (Å²) in [6.07, 6.45) is 0.550. The van der Waals surface area contributed by atoms with E-state index in [-0.39, 0.29) is 5.91 Å². The zero-order valence-corrected chi connectivity index (χ0v) is 17.0. The minimum absolute atomic E-state index is 0.121. The molecule has 29 heavy (non-hydrogen) atoms. The van der Waals surface area contributed by atoms with Gasteiger partial charge in [-0.2, -0.15) is 0 Å². The molecule has 1 amide bonds. The molecule has 4 rings (SSSR count). The average molecular weight is 396 g/mol. The molecule has 0 spiro atoms. The first-order chi connectivity index (χ1) is 14.2. The van der Waals surface area contributed by atoms with E-state index >= 15 is 0 Å². The number of aryl methyl sites for hydroxylation is 1. The van der Waals surface area contributed by atoms with E-state index in [2.05, 4.69) is 46.3 Å². The van der Waals surface area contributed by atoms with Gasteiger partial charge in [-0.3, -0.25) is 9.69 Å². The van der Waals surface area contributed by atoms with Crippen LogP contribution in [0.4, 0.5) is 0 Å². The van der Waals surface area contributed by atoms with Gasteiger partial charge >= 0.3 is 0 Å². The number of carbonyl (C=O) groups is 1. The molecule has 0 radical (unpaired) electrons. The summed E-state index contributed by atoms with van der Waals surface area (Å²) in [5.74, 6) is 1.80. The molecule has 0 saturated carbocycles. The minimum Gasteiger partial charge on any atom is -0.454 e. The third-order valence-corrected chi connectivity index (χ3v) is 5.70. The normalized spacial score (nSPS) is 16.7. The SMILES string of the molecule is Cc1ccccc1CNC(=O)CCN1CCN(Cc2ccc3c(c2)OCO3)CC1. The summed E-state index contributed by atoms with van der Waals surface area (Å²) in [6, 6.07) is 14.3. The maximum Gasteiger partial charge on any atom is 0.231 e. The number of rotatable bonds is 7. The summed E-state index contributed by atoms with van der Waals surface area (Å²) in [5.41, 5.74) is 3.64. The molecule has 1 N–H and O–H groups in total. The molecule has 0 bridgehead atoms. The second kappa shape index (κ2) is 9.29. The molecular weight excluding hydrogens is 366 g/mol. The van der Waals surface area contributed by atoms with Crippen molar-refractivity contribution in [2.24, 2.45) is 0 Å². The number of nitrogens with zero attached hydrogens (tertiary/aromatic N) is 2. The fraction of sp³-hybridized carbons (Fsp3) is 0.435. The smallest absolute Gasteiger partial charge is 0.231 e. The largest absolute Gasteiger partial charge is 0.454 e. The van der Waals surface area contributed by atoms with Crippen LogP contribution >= 0.6 is 0 Å². The fourth-order valence-corrected chi connectivity index (χ4v) is 3.82. The van der Waals surface area contributed by atoms with Crippen LogP contribution in [-0.4, -0.2) is 55.2 Å². The number of amides is 1. The van der Waals surface area contributed by atoms with Crippen molar-refractivity contribution in [2.45, 2.75) is 26.4 Å². The van der Waals surface area contributed by atoms with Gasteiger partial charge in [0.05, 0.1) is 0 Å². The van der Waals surface area contributed by atoms with Gasteiger partial charge in [0.1, 0.15) is 0 Å². The summed E-state index contributed by atoms with van der Waals surface area (Å²) in [7, 11) is 0. The van der Waals surface area contributed by atoms with Gasteiger partial charge in [0.15, 0.2) is 11.5 Å². The van der Waals surface area contributed by atoms with Crippen LogP contribution in [0.2, 0.25) is 0 Å². The van der Waals surface area contributed by atoms with Crippen LogP contribution in [0.3, 0.4) is 0 Å². The third kappa shape index (κ3) is 5.28. The van der Waals surface area contributed by atoms with Crippen LogP contribution in [0.25, 0.3) is 0 Å². The van der Waals surface area contributed by atoms with Gasteiger partial charge in [0.25, 0.3) is 0 Å². The van der Waals surface area contributed by atoms with Crippen LogP contribution in [-0.2, 0) is 17.9 Å². The first-order valence-electron chi connectivity index (χ1n) is 10.3. The molecule has 6 nitrogen and oxygen atoms in total. The van der Waals surface area contributed by atoms with Gasteiger partial charge in [0.2, 0.25) is 12.7 Å². The van der Waals surface area contributed by atoms with E-state index in [0.29, 0.717) is 19.8 Å². The topological polar surface area (TPSA) is 54.0 Å². The van der Waals surface area contributed by atoms with Crippen molar-refractivity contribution in [3.05, 3.63) is 59.2 Å². The van der Waals surface area contributed by atoms with E-state index in [4.69, 9.17) is 9.47 Å². The fourth-order valence-electron chi connectivity index (χ4n) is 3.82. The highest BCUT2D eigenvalue weighted by Crippen LogP contribution is 2.32. The van der Waals surface area contributed by atoms with Crippen LogP contribution in [0.5, 0.6) is 11.5 Å².